The Kier molecular flexibility index (Phi) is 3.11. The second kappa shape index (κ2) is 4.73. The van der Waals surface area contributed by atoms with Crippen LogP contribution >= 0.6 is 0 Å². The van der Waals surface area contributed by atoms with Crippen molar-refractivity contribution < 1.29 is 14.8 Å². The van der Waals surface area contributed by atoms with E-state index in [0.717, 1.165) is 0 Å². The topological polar surface area (TPSA) is 113 Å². The van der Waals surface area contributed by atoms with Gasteiger partial charge in [-0.3, -0.25) is 14.9 Å². The Bertz CT molecular complexity index is 703. The van der Waals surface area contributed by atoms with Crippen LogP contribution in [-0.2, 0) is 0 Å². The van der Waals surface area contributed by atoms with Crippen LogP contribution in [0.25, 0.3) is 11.1 Å². The van der Waals surface area contributed by atoms with Crippen molar-refractivity contribution in [2.45, 2.75) is 0 Å². The van der Waals surface area contributed by atoms with Crippen LogP contribution in [0, 0.1) is 10.1 Å². The maximum Gasteiger partial charge on any atom is 0.341 e. The number of nitrogens with one attached hydrogen (secondary N) is 1. The van der Waals surface area contributed by atoms with Gasteiger partial charge in [0.05, 0.1) is 4.92 Å². The summed E-state index contributed by atoms with van der Waals surface area (Å²) >= 11 is 0. The molecule has 0 fully saturated rings. The molecule has 0 saturated carbocycles. The molecule has 0 radical (unpaired) electrons. The summed E-state index contributed by atoms with van der Waals surface area (Å²) in [7, 11) is 0. The standard InChI is InChI=1S/C12H8N2O5/c15-11-10(12(16)17)9(5-6-13-11)7-1-3-8(4-2-7)14(18)19/h1-6H,(H,13,15)(H,16,17). The quantitative estimate of drug-likeness (QED) is 0.643. The maximum absolute atomic E-state index is 11.5. The van der Waals surface area contributed by atoms with Crippen molar-refractivity contribution in [2.75, 3.05) is 0 Å². The number of pyridine rings is 1. The molecule has 0 unspecified atom stereocenters. The molecule has 0 bridgehead atoms. The second-order valence-electron chi connectivity index (χ2n) is 3.70. The minimum Gasteiger partial charge on any atom is -0.477 e. The molecule has 7 heteroatoms. The molecule has 0 aliphatic rings. The van der Waals surface area contributed by atoms with E-state index in [9.17, 15) is 19.7 Å². The Morgan fingerprint density at radius 1 is 1.21 bits per heavy atom. The number of aromatic amines is 1. The fraction of sp³-hybridized carbons (Fsp3) is 0. The fourth-order valence-electron chi connectivity index (χ4n) is 1.69. The lowest BCUT2D eigenvalue weighted by molar-refractivity contribution is -0.384. The van der Waals surface area contributed by atoms with E-state index in [-0.39, 0.29) is 11.3 Å². The van der Waals surface area contributed by atoms with E-state index in [1.807, 2.05) is 0 Å². The number of hydrogen-bond acceptors (Lipinski definition) is 4. The first-order valence-electron chi connectivity index (χ1n) is 5.20. The molecule has 7 nitrogen and oxygen atoms in total. The third-order valence-corrected chi connectivity index (χ3v) is 2.56. The van der Waals surface area contributed by atoms with Crippen molar-refractivity contribution in [3.63, 3.8) is 0 Å². The minimum atomic E-state index is -1.35. The monoisotopic (exact) mass is 260 g/mol. The van der Waals surface area contributed by atoms with E-state index in [0.29, 0.717) is 5.56 Å². The van der Waals surface area contributed by atoms with E-state index >= 15 is 0 Å². The number of nitrogens with zero attached hydrogens (tertiary/aromatic N) is 1. The van der Waals surface area contributed by atoms with Crippen LogP contribution in [0.1, 0.15) is 10.4 Å². The summed E-state index contributed by atoms with van der Waals surface area (Å²) in [5, 5.41) is 19.6. The highest BCUT2D eigenvalue weighted by Crippen LogP contribution is 2.23. The van der Waals surface area contributed by atoms with Crippen LogP contribution in [-0.4, -0.2) is 21.0 Å². The third kappa shape index (κ3) is 2.34. The van der Waals surface area contributed by atoms with E-state index in [1.54, 1.807) is 0 Å². The van der Waals surface area contributed by atoms with Gasteiger partial charge in [0, 0.05) is 23.9 Å². The van der Waals surface area contributed by atoms with Gasteiger partial charge in [0.2, 0.25) is 0 Å². The number of non-ortho nitro benzene ring substituents is 1. The smallest absolute Gasteiger partial charge is 0.341 e. The van der Waals surface area contributed by atoms with Gasteiger partial charge in [-0.15, -0.1) is 0 Å². The highest BCUT2D eigenvalue weighted by atomic mass is 16.6. The summed E-state index contributed by atoms with van der Waals surface area (Å²) in [5.41, 5.74) is -0.578. The molecular weight excluding hydrogens is 252 g/mol. The van der Waals surface area contributed by atoms with Crippen LogP contribution in [0.5, 0.6) is 0 Å². The molecule has 0 aliphatic heterocycles. The lowest BCUT2D eigenvalue weighted by Gasteiger charge is -2.04. The first-order valence-corrected chi connectivity index (χ1v) is 5.20. The number of aromatic nitrogens is 1. The van der Waals surface area contributed by atoms with Crippen LogP contribution in [0.4, 0.5) is 5.69 Å². The van der Waals surface area contributed by atoms with Crippen molar-refractivity contribution in [1.82, 2.24) is 4.98 Å². The van der Waals surface area contributed by atoms with E-state index in [4.69, 9.17) is 5.11 Å². The van der Waals surface area contributed by atoms with Crippen LogP contribution in [0.15, 0.2) is 41.3 Å². The molecule has 96 valence electrons. The average molecular weight is 260 g/mol. The maximum atomic E-state index is 11.5. The molecule has 0 atom stereocenters. The summed E-state index contributed by atoms with van der Waals surface area (Å²) in [4.78, 5) is 34.8. The Hall–Kier alpha value is -2.96. The van der Waals surface area contributed by atoms with Crippen molar-refractivity contribution in [2.24, 2.45) is 0 Å². The molecule has 1 aromatic heterocycles. The van der Waals surface area contributed by atoms with Gasteiger partial charge in [-0.05, 0) is 23.8 Å². The molecular formula is C12H8N2O5. The number of rotatable bonds is 3. The van der Waals surface area contributed by atoms with Gasteiger partial charge in [-0.1, -0.05) is 0 Å². The lowest BCUT2D eigenvalue weighted by Crippen LogP contribution is -2.18. The normalized spacial score (nSPS) is 10.1. The average Bonchev–Trinajstić information content (AvgIpc) is 2.38. The number of carboxylic acids is 1. The van der Waals surface area contributed by atoms with Gasteiger partial charge in [-0.25, -0.2) is 4.79 Å². The Balaban J connectivity index is 2.59. The molecule has 1 heterocycles. The van der Waals surface area contributed by atoms with Gasteiger partial charge in [0.25, 0.3) is 11.2 Å². The molecule has 0 aliphatic carbocycles. The zero-order chi connectivity index (χ0) is 14.0. The molecule has 19 heavy (non-hydrogen) atoms. The molecule has 1 aromatic carbocycles. The fourth-order valence-corrected chi connectivity index (χ4v) is 1.69. The first-order chi connectivity index (χ1) is 9.00. The number of H-pyrrole nitrogens is 1. The summed E-state index contributed by atoms with van der Waals surface area (Å²) in [5.74, 6) is -1.35. The zero-order valence-corrected chi connectivity index (χ0v) is 9.49. The van der Waals surface area contributed by atoms with Gasteiger partial charge in [-0.2, -0.15) is 0 Å². The van der Waals surface area contributed by atoms with Crippen LogP contribution in [0.2, 0.25) is 0 Å². The number of benzene rings is 1. The summed E-state index contributed by atoms with van der Waals surface area (Å²) in [6, 6.07) is 6.75. The molecule has 2 N–H and O–H groups in total. The lowest BCUT2D eigenvalue weighted by atomic mass is 10.0. The number of carbonyl (C=O) groups is 1. The van der Waals surface area contributed by atoms with Gasteiger partial charge in [0.1, 0.15) is 5.56 Å². The molecule has 0 amide bonds. The largest absolute Gasteiger partial charge is 0.477 e. The number of carboxylic acid groups (broad SMARTS) is 1. The highest BCUT2D eigenvalue weighted by Gasteiger charge is 2.16. The predicted molar refractivity (Wildman–Crippen MR) is 66.1 cm³/mol. The number of aromatic carboxylic acids is 1. The summed E-state index contributed by atoms with van der Waals surface area (Å²) < 4.78 is 0. The van der Waals surface area contributed by atoms with E-state index in [2.05, 4.69) is 4.98 Å². The Labute approximate surface area is 106 Å². The van der Waals surface area contributed by atoms with E-state index < -0.39 is 22.0 Å². The number of nitro groups is 1. The Morgan fingerprint density at radius 2 is 1.84 bits per heavy atom. The minimum absolute atomic E-state index is 0.106. The van der Waals surface area contributed by atoms with Crippen LogP contribution in [0.3, 0.4) is 0 Å². The zero-order valence-electron chi connectivity index (χ0n) is 9.49. The highest BCUT2D eigenvalue weighted by molar-refractivity contribution is 5.95. The Morgan fingerprint density at radius 3 is 2.37 bits per heavy atom. The predicted octanol–water partition coefficient (Wildman–Crippen LogP) is 1.65. The SMILES string of the molecule is O=C(O)c1c(-c2ccc([N+](=O)[O-])cc2)cc[nH]c1=O. The molecule has 0 saturated heterocycles. The molecule has 2 rings (SSSR count). The van der Waals surface area contributed by atoms with Crippen molar-refractivity contribution >= 4 is 11.7 Å². The summed E-state index contributed by atoms with van der Waals surface area (Å²) in [6.07, 6.45) is 1.32. The summed E-state index contributed by atoms with van der Waals surface area (Å²) in [6.45, 7) is 0. The van der Waals surface area contributed by atoms with Gasteiger partial charge in [0.15, 0.2) is 0 Å². The van der Waals surface area contributed by atoms with E-state index in [1.165, 1.54) is 36.5 Å². The third-order valence-electron chi connectivity index (χ3n) is 2.56. The number of nitro benzene ring substituents is 1. The second-order valence-corrected chi connectivity index (χ2v) is 3.70. The van der Waals surface area contributed by atoms with Gasteiger partial charge < -0.3 is 10.1 Å². The molecule has 0 spiro atoms. The molecule has 2 aromatic rings. The first kappa shape index (κ1) is 12.5. The van der Waals surface area contributed by atoms with Crippen LogP contribution < -0.4 is 5.56 Å². The van der Waals surface area contributed by atoms with Gasteiger partial charge >= 0.3 is 5.97 Å². The number of hydrogen-bond donors (Lipinski definition) is 2. The van der Waals surface area contributed by atoms with Crippen molar-refractivity contribution in [3.8, 4) is 11.1 Å². The van der Waals surface area contributed by atoms with Crippen molar-refractivity contribution in [1.29, 1.82) is 0 Å². The van der Waals surface area contributed by atoms with Crippen molar-refractivity contribution in [3.05, 3.63) is 62.6 Å².